The smallest absolute Gasteiger partial charge is 0.263 e. The first-order valence-electron chi connectivity index (χ1n) is 9.73. The van der Waals surface area contributed by atoms with Gasteiger partial charge in [0.05, 0.1) is 0 Å². The molecule has 1 aromatic heterocycles. The normalized spacial score (nSPS) is 20.2. The van der Waals surface area contributed by atoms with E-state index in [1.807, 2.05) is 36.1 Å². The SMILES string of the molecule is CC1CN(C(=O)COn2nnc3ccccc32)C(C)CN1Cc1ccc(F)cc1. The quantitative estimate of drug-likeness (QED) is 0.660. The zero-order valence-electron chi connectivity index (χ0n) is 16.5. The molecule has 1 aliphatic rings. The monoisotopic (exact) mass is 397 g/mol. The molecule has 0 bridgehead atoms. The summed E-state index contributed by atoms with van der Waals surface area (Å²) in [6.45, 7) is 6.13. The lowest BCUT2D eigenvalue weighted by Crippen LogP contribution is -2.58. The van der Waals surface area contributed by atoms with Gasteiger partial charge in [-0.3, -0.25) is 9.69 Å². The average Bonchev–Trinajstić information content (AvgIpc) is 3.13. The number of fused-ring (bicyclic) bond motifs is 1. The fraction of sp³-hybridized carbons (Fsp3) is 0.381. The molecule has 2 unspecified atom stereocenters. The van der Waals surface area contributed by atoms with Gasteiger partial charge in [0.2, 0.25) is 0 Å². The van der Waals surface area contributed by atoms with Gasteiger partial charge in [-0.25, -0.2) is 4.39 Å². The highest BCUT2D eigenvalue weighted by Crippen LogP contribution is 2.18. The van der Waals surface area contributed by atoms with E-state index in [0.29, 0.717) is 6.54 Å². The highest BCUT2D eigenvalue weighted by atomic mass is 19.1. The van der Waals surface area contributed by atoms with Crippen molar-refractivity contribution in [3.63, 3.8) is 0 Å². The van der Waals surface area contributed by atoms with Crippen LogP contribution in [0.1, 0.15) is 19.4 Å². The van der Waals surface area contributed by atoms with E-state index in [1.165, 1.54) is 17.0 Å². The van der Waals surface area contributed by atoms with E-state index >= 15 is 0 Å². The molecule has 29 heavy (non-hydrogen) atoms. The number of halogens is 1. The fourth-order valence-corrected chi connectivity index (χ4v) is 3.73. The highest BCUT2D eigenvalue weighted by Gasteiger charge is 2.32. The van der Waals surface area contributed by atoms with Crippen molar-refractivity contribution in [3.8, 4) is 0 Å². The van der Waals surface area contributed by atoms with Gasteiger partial charge in [-0.05, 0) is 48.9 Å². The molecule has 0 spiro atoms. The summed E-state index contributed by atoms with van der Waals surface area (Å²) in [6.07, 6.45) is 0. The summed E-state index contributed by atoms with van der Waals surface area (Å²) < 4.78 is 13.1. The van der Waals surface area contributed by atoms with Gasteiger partial charge >= 0.3 is 0 Å². The summed E-state index contributed by atoms with van der Waals surface area (Å²) in [5, 5.41) is 7.97. The molecule has 8 heteroatoms. The Labute approximate surface area is 168 Å². The van der Waals surface area contributed by atoms with Gasteiger partial charge in [0.25, 0.3) is 5.91 Å². The van der Waals surface area contributed by atoms with Crippen LogP contribution in [0, 0.1) is 5.82 Å². The summed E-state index contributed by atoms with van der Waals surface area (Å²) in [5.74, 6) is -0.309. The van der Waals surface area contributed by atoms with Gasteiger partial charge in [0.15, 0.2) is 6.61 Å². The lowest BCUT2D eigenvalue weighted by atomic mass is 10.1. The van der Waals surface area contributed by atoms with Gasteiger partial charge in [-0.2, -0.15) is 0 Å². The zero-order chi connectivity index (χ0) is 20.4. The molecule has 0 radical (unpaired) electrons. The number of nitrogens with zero attached hydrogens (tertiary/aromatic N) is 5. The number of benzene rings is 2. The number of carbonyl (C=O) groups is 1. The molecule has 1 saturated heterocycles. The van der Waals surface area contributed by atoms with Crippen molar-refractivity contribution in [1.82, 2.24) is 25.0 Å². The Morgan fingerprint density at radius 2 is 1.86 bits per heavy atom. The van der Waals surface area contributed by atoms with Gasteiger partial charge in [0.1, 0.15) is 16.9 Å². The van der Waals surface area contributed by atoms with E-state index in [9.17, 15) is 9.18 Å². The van der Waals surface area contributed by atoms with Crippen LogP contribution in [0.3, 0.4) is 0 Å². The molecule has 2 aromatic carbocycles. The largest absolute Gasteiger partial charge is 0.385 e. The van der Waals surface area contributed by atoms with E-state index in [1.54, 1.807) is 12.1 Å². The maximum atomic E-state index is 13.1. The molecule has 2 atom stereocenters. The van der Waals surface area contributed by atoms with Crippen LogP contribution in [-0.4, -0.2) is 62.6 Å². The molecule has 4 rings (SSSR count). The Morgan fingerprint density at radius 3 is 2.66 bits per heavy atom. The minimum atomic E-state index is -0.231. The Balaban J connectivity index is 1.35. The van der Waals surface area contributed by atoms with Crippen molar-refractivity contribution in [3.05, 3.63) is 59.9 Å². The Bertz CT molecular complexity index is 990. The molecule has 0 aliphatic carbocycles. The van der Waals surface area contributed by atoms with E-state index in [2.05, 4.69) is 22.1 Å². The van der Waals surface area contributed by atoms with Crippen LogP contribution < -0.4 is 4.84 Å². The molecule has 2 heterocycles. The predicted octanol–water partition coefficient (Wildman–Crippen LogP) is 2.12. The molecule has 1 amide bonds. The summed E-state index contributed by atoms with van der Waals surface area (Å²) >= 11 is 0. The molecular weight excluding hydrogens is 373 g/mol. The van der Waals surface area contributed by atoms with Gasteiger partial charge in [-0.15, -0.1) is 5.10 Å². The molecule has 7 nitrogen and oxygen atoms in total. The number of hydrogen-bond acceptors (Lipinski definition) is 5. The lowest BCUT2D eigenvalue weighted by molar-refractivity contribution is -0.142. The van der Waals surface area contributed by atoms with Crippen LogP contribution in [0.5, 0.6) is 0 Å². The van der Waals surface area contributed by atoms with Crippen molar-refractivity contribution < 1.29 is 14.0 Å². The number of aromatic nitrogens is 3. The van der Waals surface area contributed by atoms with Crippen LogP contribution in [-0.2, 0) is 11.3 Å². The molecule has 1 fully saturated rings. The van der Waals surface area contributed by atoms with Crippen LogP contribution in [0.4, 0.5) is 4.39 Å². The average molecular weight is 397 g/mol. The molecule has 0 saturated carbocycles. The lowest BCUT2D eigenvalue weighted by Gasteiger charge is -2.44. The number of piperazine rings is 1. The second kappa shape index (κ2) is 8.16. The Morgan fingerprint density at radius 1 is 1.10 bits per heavy atom. The maximum absolute atomic E-state index is 13.1. The second-order valence-electron chi connectivity index (χ2n) is 7.52. The molecule has 1 aliphatic heterocycles. The van der Waals surface area contributed by atoms with Crippen molar-refractivity contribution in [2.24, 2.45) is 0 Å². The van der Waals surface area contributed by atoms with Gasteiger partial charge in [-0.1, -0.05) is 29.1 Å². The third kappa shape index (κ3) is 4.22. The van der Waals surface area contributed by atoms with Gasteiger partial charge in [0, 0.05) is 31.7 Å². The number of rotatable bonds is 5. The topological polar surface area (TPSA) is 63.5 Å². The minimum absolute atomic E-state index is 0.0511. The summed E-state index contributed by atoms with van der Waals surface area (Å²) in [5.41, 5.74) is 2.51. The molecule has 152 valence electrons. The number of carbonyl (C=O) groups excluding carboxylic acids is 1. The van der Waals surface area contributed by atoms with Crippen molar-refractivity contribution in [1.29, 1.82) is 0 Å². The number of amides is 1. The van der Waals surface area contributed by atoms with Crippen molar-refractivity contribution in [2.75, 3.05) is 19.7 Å². The van der Waals surface area contributed by atoms with Crippen LogP contribution in [0.25, 0.3) is 11.0 Å². The molecule has 3 aromatic rings. The first kappa shape index (κ1) is 19.3. The molecule has 0 N–H and O–H groups in total. The second-order valence-corrected chi connectivity index (χ2v) is 7.52. The third-order valence-electron chi connectivity index (χ3n) is 5.37. The molecular formula is C21H24FN5O2. The summed E-state index contributed by atoms with van der Waals surface area (Å²) in [6, 6.07) is 14.2. The van der Waals surface area contributed by atoms with Crippen LogP contribution in [0.2, 0.25) is 0 Å². The van der Waals surface area contributed by atoms with E-state index in [0.717, 1.165) is 29.7 Å². The third-order valence-corrected chi connectivity index (χ3v) is 5.37. The number of hydrogen-bond donors (Lipinski definition) is 0. The first-order valence-corrected chi connectivity index (χ1v) is 9.73. The predicted molar refractivity (Wildman–Crippen MR) is 106 cm³/mol. The van der Waals surface area contributed by atoms with E-state index in [4.69, 9.17) is 4.84 Å². The first-order chi connectivity index (χ1) is 14.0. The van der Waals surface area contributed by atoms with Crippen LogP contribution >= 0.6 is 0 Å². The van der Waals surface area contributed by atoms with Crippen LogP contribution in [0.15, 0.2) is 48.5 Å². The standard InChI is InChI=1S/C21H24FN5O2/c1-15-12-26(16(2)11-25(15)13-17-7-9-18(22)10-8-17)21(28)14-29-27-20-6-4-3-5-19(20)23-24-27/h3-10,15-16H,11-14H2,1-2H3. The van der Waals surface area contributed by atoms with Crippen molar-refractivity contribution in [2.45, 2.75) is 32.5 Å². The highest BCUT2D eigenvalue weighted by molar-refractivity contribution is 5.78. The maximum Gasteiger partial charge on any atom is 0.263 e. The minimum Gasteiger partial charge on any atom is -0.385 e. The summed E-state index contributed by atoms with van der Waals surface area (Å²) in [4.78, 5) is 23.8. The summed E-state index contributed by atoms with van der Waals surface area (Å²) in [7, 11) is 0. The Kier molecular flexibility index (Phi) is 5.44. The van der Waals surface area contributed by atoms with Crippen molar-refractivity contribution >= 4 is 16.9 Å². The Hall–Kier alpha value is -3.00. The van der Waals surface area contributed by atoms with E-state index < -0.39 is 0 Å². The number of para-hydroxylation sites is 1. The van der Waals surface area contributed by atoms with Gasteiger partial charge < -0.3 is 9.74 Å². The fourth-order valence-electron chi connectivity index (χ4n) is 3.73. The zero-order valence-corrected chi connectivity index (χ0v) is 16.5. The van der Waals surface area contributed by atoms with E-state index in [-0.39, 0.29) is 30.4 Å².